The van der Waals surface area contributed by atoms with Crippen molar-refractivity contribution in [2.24, 2.45) is 5.92 Å². The van der Waals surface area contributed by atoms with E-state index in [2.05, 4.69) is 41.4 Å². The van der Waals surface area contributed by atoms with Crippen LogP contribution in [0.3, 0.4) is 0 Å². The van der Waals surface area contributed by atoms with E-state index in [-0.39, 0.29) is 18.1 Å². The molecule has 1 unspecified atom stereocenters. The molecule has 3 rings (SSSR count). The van der Waals surface area contributed by atoms with E-state index in [1.807, 2.05) is 0 Å². The van der Waals surface area contributed by atoms with Crippen molar-refractivity contribution in [1.82, 2.24) is 10.2 Å². The second-order valence-corrected chi connectivity index (χ2v) is 6.38. The molecule has 0 bridgehead atoms. The second kappa shape index (κ2) is 6.16. The van der Waals surface area contributed by atoms with E-state index < -0.39 is 0 Å². The predicted octanol–water partition coefficient (Wildman–Crippen LogP) is 1.67. The molecule has 1 aromatic carbocycles. The van der Waals surface area contributed by atoms with E-state index in [0.717, 1.165) is 32.4 Å². The lowest BCUT2D eigenvalue weighted by atomic mass is 9.76. The molecule has 1 aromatic rings. The molecule has 2 N–H and O–H groups in total. The van der Waals surface area contributed by atoms with Gasteiger partial charge in [0.05, 0.1) is 12.6 Å². The van der Waals surface area contributed by atoms with Crippen LogP contribution in [0.5, 0.6) is 0 Å². The third kappa shape index (κ3) is 3.27. The maximum atomic E-state index is 12.2. The van der Waals surface area contributed by atoms with E-state index in [9.17, 15) is 9.90 Å². The first-order valence-electron chi connectivity index (χ1n) is 7.92. The number of benzene rings is 1. The summed E-state index contributed by atoms with van der Waals surface area (Å²) >= 11 is 0. The van der Waals surface area contributed by atoms with Crippen LogP contribution in [-0.4, -0.2) is 34.6 Å². The van der Waals surface area contributed by atoms with Crippen molar-refractivity contribution in [3.63, 3.8) is 0 Å². The van der Waals surface area contributed by atoms with Crippen LogP contribution in [0.25, 0.3) is 0 Å². The Hall–Kier alpha value is -1.39. The smallest absolute Gasteiger partial charge is 0.234 e. The van der Waals surface area contributed by atoms with Crippen LogP contribution in [0.15, 0.2) is 24.3 Å². The fourth-order valence-electron chi connectivity index (χ4n) is 3.48. The molecular formula is C17H24N2O2. The number of aliphatic hydroxyl groups is 1. The number of hydrogen-bond acceptors (Lipinski definition) is 3. The standard InChI is InChI=1S/C17H24N2O2/c1-2-16(14-7-15(20)8-14)18-17(21)11-19-9-12-5-3-4-6-13(12)10-19/h3-6,14-16,20H,2,7-11H2,1H3,(H,18,21). The minimum atomic E-state index is -0.158. The Labute approximate surface area is 126 Å². The highest BCUT2D eigenvalue weighted by Gasteiger charge is 2.34. The molecule has 4 nitrogen and oxygen atoms in total. The Morgan fingerprint density at radius 2 is 1.95 bits per heavy atom. The van der Waals surface area contributed by atoms with Gasteiger partial charge in [-0.05, 0) is 36.3 Å². The van der Waals surface area contributed by atoms with Crippen LogP contribution in [0, 0.1) is 5.92 Å². The van der Waals surface area contributed by atoms with Crippen molar-refractivity contribution in [3.05, 3.63) is 35.4 Å². The quantitative estimate of drug-likeness (QED) is 0.866. The molecule has 1 heterocycles. The molecule has 1 amide bonds. The average Bonchev–Trinajstić information content (AvgIpc) is 2.83. The lowest BCUT2D eigenvalue weighted by Crippen LogP contribution is -2.48. The summed E-state index contributed by atoms with van der Waals surface area (Å²) in [6, 6.07) is 8.59. The summed E-state index contributed by atoms with van der Waals surface area (Å²) < 4.78 is 0. The molecule has 1 atom stereocenters. The van der Waals surface area contributed by atoms with E-state index in [0.29, 0.717) is 12.5 Å². The van der Waals surface area contributed by atoms with Gasteiger partial charge in [0.15, 0.2) is 0 Å². The fraction of sp³-hybridized carbons (Fsp3) is 0.588. The molecule has 1 saturated carbocycles. The Kier molecular flexibility index (Phi) is 4.27. The van der Waals surface area contributed by atoms with Crippen LogP contribution in [-0.2, 0) is 17.9 Å². The Morgan fingerprint density at radius 3 is 2.48 bits per heavy atom. The number of carbonyl (C=O) groups is 1. The predicted molar refractivity (Wildman–Crippen MR) is 81.5 cm³/mol. The maximum Gasteiger partial charge on any atom is 0.234 e. The first-order valence-corrected chi connectivity index (χ1v) is 7.92. The Bertz CT molecular complexity index is 486. The zero-order valence-corrected chi connectivity index (χ0v) is 12.6. The first-order chi connectivity index (χ1) is 10.2. The zero-order chi connectivity index (χ0) is 14.8. The molecule has 0 spiro atoms. The minimum absolute atomic E-state index is 0.107. The van der Waals surface area contributed by atoms with Crippen molar-refractivity contribution < 1.29 is 9.90 Å². The third-order valence-electron chi connectivity index (χ3n) is 4.78. The fourth-order valence-corrected chi connectivity index (χ4v) is 3.48. The highest BCUT2D eigenvalue weighted by Crippen LogP contribution is 2.31. The summed E-state index contributed by atoms with van der Waals surface area (Å²) in [5.41, 5.74) is 2.67. The number of nitrogens with one attached hydrogen (secondary N) is 1. The highest BCUT2D eigenvalue weighted by atomic mass is 16.3. The molecule has 114 valence electrons. The van der Waals surface area contributed by atoms with E-state index in [1.54, 1.807) is 0 Å². The summed E-state index contributed by atoms with van der Waals surface area (Å²) in [7, 11) is 0. The van der Waals surface area contributed by atoms with Crippen molar-refractivity contribution >= 4 is 5.91 Å². The van der Waals surface area contributed by atoms with Gasteiger partial charge in [0.2, 0.25) is 5.91 Å². The highest BCUT2D eigenvalue weighted by molar-refractivity contribution is 5.78. The topological polar surface area (TPSA) is 52.6 Å². The molecule has 0 aromatic heterocycles. The SMILES string of the molecule is CCC(NC(=O)CN1Cc2ccccc2C1)C1CC(O)C1. The number of rotatable bonds is 5. The van der Waals surface area contributed by atoms with Gasteiger partial charge in [0.1, 0.15) is 0 Å². The lowest BCUT2D eigenvalue weighted by Gasteiger charge is -2.37. The number of aliphatic hydroxyl groups excluding tert-OH is 1. The molecule has 21 heavy (non-hydrogen) atoms. The van der Waals surface area contributed by atoms with Gasteiger partial charge in [-0.2, -0.15) is 0 Å². The largest absolute Gasteiger partial charge is 0.393 e. The van der Waals surface area contributed by atoms with Crippen LogP contribution in [0.2, 0.25) is 0 Å². The van der Waals surface area contributed by atoms with Crippen molar-refractivity contribution in [2.75, 3.05) is 6.54 Å². The average molecular weight is 288 g/mol. The third-order valence-corrected chi connectivity index (χ3v) is 4.78. The molecule has 0 saturated heterocycles. The summed E-state index contributed by atoms with van der Waals surface area (Å²) in [6.07, 6.45) is 2.43. The maximum absolute atomic E-state index is 12.2. The molecule has 1 fully saturated rings. The molecule has 4 heteroatoms. The molecule has 0 radical (unpaired) electrons. The summed E-state index contributed by atoms with van der Waals surface area (Å²) in [6.45, 7) is 4.28. The van der Waals surface area contributed by atoms with Crippen LogP contribution >= 0.6 is 0 Å². The summed E-state index contributed by atoms with van der Waals surface area (Å²) in [4.78, 5) is 14.4. The Morgan fingerprint density at radius 1 is 1.33 bits per heavy atom. The van der Waals surface area contributed by atoms with Gasteiger partial charge >= 0.3 is 0 Å². The van der Waals surface area contributed by atoms with E-state index >= 15 is 0 Å². The van der Waals surface area contributed by atoms with Crippen molar-refractivity contribution in [3.8, 4) is 0 Å². The van der Waals surface area contributed by atoms with Gasteiger partial charge in [-0.1, -0.05) is 31.2 Å². The van der Waals surface area contributed by atoms with Crippen molar-refractivity contribution in [1.29, 1.82) is 0 Å². The van der Waals surface area contributed by atoms with Gasteiger partial charge in [0.25, 0.3) is 0 Å². The van der Waals surface area contributed by atoms with Crippen LogP contribution in [0.4, 0.5) is 0 Å². The number of amides is 1. The van der Waals surface area contributed by atoms with Crippen molar-refractivity contribution in [2.45, 2.75) is 51.4 Å². The van der Waals surface area contributed by atoms with E-state index in [4.69, 9.17) is 0 Å². The van der Waals surface area contributed by atoms with Crippen LogP contribution < -0.4 is 5.32 Å². The summed E-state index contributed by atoms with van der Waals surface area (Å²) in [5, 5.41) is 12.6. The monoisotopic (exact) mass is 288 g/mol. The normalized spacial score (nSPS) is 26.0. The molecule has 1 aliphatic heterocycles. The van der Waals surface area contributed by atoms with Gasteiger partial charge in [-0.15, -0.1) is 0 Å². The number of fused-ring (bicyclic) bond motifs is 1. The van der Waals surface area contributed by atoms with Gasteiger partial charge < -0.3 is 10.4 Å². The zero-order valence-electron chi connectivity index (χ0n) is 12.6. The number of hydrogen-bond donors (Lipinski definition) is 2. The minimum Gasteiger partial charge on any atom is -0.393 e. The molecular weight excluding hydrogens is 264 g/mol. The Balaban J connectivity index is 1.49. The molecule has 2 aliphatic rings. The first kappa shape index (κ1) is 14.5. The lowest BCUT2D eigenvalue weighted by molar-refractivity contribution is -0.124. The summed E-state index contributed by atoms with van der Waals surface area (Å²) in [5.74, 6) is 0.556. The van der Waals surface area contributed by atoms with Gasteiger partial charge in [-0.3, -0.25) is 9.69 Å². The second-order valence-electron chi connectivity index (χ2n) is 6.38. The van der Waals surface area contributed by atoms with Gasteiger partial charge in [-0.25, -0.2) is 0 Å². The van der Waals surface area contributed by atoms with Crippen LogP contribution in [0.1, 0.15) is 37.3 Å². The van der Waals surface area contributed by atoms with Gasteiger partial charge in [0, 0.05) is 19.1 Å². The molecule has 1 aliphatic carbocycles. The number of nitrogens with zero attached hydrogens (tertiary/aromatic N) is 1. The number of carbonyl (C=O) groups excluding carboxylic acids is 1. The van der Waals surface area contributed by atoms with E-state index in [1.165, 1.54) is 11.1 Å².